The molecule has 0 aromatic heterocycles. The van der Waals surface area contributed by atoms with E-state index in [0.717, 1.165) is 5.75 Å². The third-order valence-corrected chi connectivity index (χ3v) is 4.44. The third kappa shape index (κ3) is 3.30. The highest BCUT2D eigenvalue weighted by molar-refractivity contribution is 7.99. The number of hydrazone groups is 1. The molecule has 0 radical (unpaired) electrons. The van der Waals surface area contributed by atoms with Gasteiger partial charge >= 0.3 is 5.97 Å². The van der Waals surface area contributed by atoms with Gasteiger partial charge in [-0.25, -0.2) is 5.01 Å². The molecule has 110 valence electrons. The van der Waals surface area contributed by atoms with E-state index in [0.29, 0.717) is 24.4 Å². The van der Waals surface area contributed by atoms with Crippen LogP contribution in [0.1, 0.15) is 19.3 Å². The summed E-state index contributed by atoms with van der Waals surface area (Å²) in [6.07, 6.45) is 0.541. The molecule has 0 aromatic rings. The first kappa shape index (κ1) is 14.8. The van der Waals surface area contributed by atoms with Gasteiger partial charge in [-0.1, -0.05) is 0 Å². The second kappa shape index (κ2) is 6.25. The van der Waals surface area contributed by atoms with Crippen LogP contribution in [0.25, 0.3) is 0 Å². The van der Waals surface area contributed by atoms with Crippen molar-refractivity contribution in [3.05, 3.63) is 0 Å². The summed E-state index contributed by atoms with van der Waals surface area (Å²) in [5, 5.41) is 14.1. The van der Waals surface area contributed by atoms with Crippen LogP contribution < -0.4 is 0 Å². The maximum Gasteiger partial charge on any atom is 0.305 e. The van der Waals surface area contributed by atoms with Crippen molar-refractivity contribution in [3.63, 3.8) is 0 Å². The molecular weight excluding hydrogens is 282 g/mol. The van der Waals surface area contributed by atoms with Crippen LogP contribution in [0.4, 0.5) is 0 Å². The summed E-state index contributed by atoms with van der Waals surface area (Å²) in [6.45, 7) is 0.526. The van der Waals surface area contributed by atoms with E-state index >= 15 is 0 Å². The smallest absolute Gasteiger partial charge is 0.305 e. The Morgan fingerprint density at radius 3 is 2.85 bits per heavy atom. The Kier molecular flexibility index (Phi) is 4.64. The van der Waals surface area contributed by atoms with Crippen LogP contribution in [-0.4, -0.2) is 69.7 Å². The number of carboxylic acids is 1. The Labute approximate surface area is 121 Å². The average molecular weight is 299 g/mol. The Morgan fingerprint density at radius 2 is 2.20 bits per heavy atom. The molecule has 2 amide bonds. The van der Waals surface area contributed by atoms with Gasteiger partial charge in [-0.2, -0.15) is 16.9 Å². The Hall–Kier alpha value is -1.57. The van der Waals surface area contributed by atoms with Crippen LogP contribution in [-0.2, 0) is 14.4 Å². The van der Waals surface area contributed by atoms with Crippen molar-refractivity contribution in [2.75, 3.05) is 25.1 Å². The summed E-state index contributed by atoms with van der Waals surface area (Å²) in [4.78, 5) is 36.3. The molecule has 0 aromatic carbocycles. The molecule has 2 rings (SSSR count). The SMILES string of the molecule is CN1N=C(C(=O)N2CCSCC2CC(=O)O)CCC1=O. The van der Waals surface area contributed by atoms with Crippen molar-refractivity contribution in [1.82, 2.24) is 9.91 Å². The number of amides is 2. The maximum atomic E-state index is 12.5. The van der Waals surface area contributed by atoms with Gasteiger partial charge in [0.2, 0.25) is 5.91 Å². The monoisotopic (exact) mass is 299 g/mol. The van der Waals surface area contributed by atoms with Crippen molar-refractivity contribution >= 4 is 35.3 Å². The van der Waals surface area contributed by atoms with E-state index < -0.39 is 5.97 Å². The summed E-state index contributed by atoms with van der Waals surface area (Å²) in [5.41, 5.74) is 0.342. The molecule has 0 bridgehead atoms. The average Bonchev–Trinajstić information content (AvgIpc) is 2.41. The molecule has 2 aliphatic rings. The first-order chi connectivity index (χ1) is 9.49. The second-order valence-electron chi connectivity index (χ2n) is 4.79. The number of rotatable bonds is 3. The predicted molar refractivity (Wildman–Crippen MR) is 74.5 cm³/mol. The molecule has 8 heteroatoms. The highest BCUT2D eigenvalue weighted by Gasteiger charge is 2.33. The molecule has 20 heavy (non-hydrogen) atoms. The Morgan fingerprint density at radius 1 is 1.45 bits per heavy atom. The van der Waals surface area contributed by atoms with E-state index in [4.69, 9.17) is 5.11 Å². The predicted octanol–water partition coefficient (Wildman–Crippen LogP) is 0.0133. The van der Waals surface area contributed by atoms with Gasteiger partial charge in [-0.05, 0) is 0 Å². The fourth-order valence-electron chi connectivity index (χ4n) is 2.28. The summed E-state index contributed by atoms with van der Waals surface area (Å²) in [6, 6.07) is -0.301. The molecule has 1 N–H and O–H groups in total. The fraction of sp³-hybridized carbons (Fsp3) is 0.667. The van der Waals surface area contributed by atoms with Crippen LogP contribution in [0.15, 0.2) is 5.10 Å². The van der Waals surface area contributed by atoms with Crippen molar-refractivity contribution in [1.29, 1.82) is 0 Å². The number of carbonyl (C=O) groups is 3. The molecule has 1 fully saturated rings. The Bertz CT molecular complexity index is 466. The molecule has 2 heterocycles. The van der Waals surface area contributed by atoms with E-state index in [2.05, 4.69) is 5.10 Å². The summed E-state index contributed by atoms with van der Waals surface area (Å²) < 4.78 is 0. The van der Waals surface area contributed by atoms with Crippen molar-refractivity contribution < 1.29 is 19.5 Å². The highest BCUT2D eigenvalue weighted by Crippen LogP contribution is 2.21. The van der Waals surface area contributed by atoms with E-state index in [9.17, 15) is 14.4 Å². The summed E-state index contributed by atoms with van der Waals surface area (Å²) >= 11 is 1.65. The van der Waals surface area contributed by atoms with Crippen LogP contribution in [0.2, 0.25) is 0 Å². The quantitative estimate of drug-likeness (QED) is 0.793. The van der Waals surface area contributed by atoms with Gasteiger partial charge in [0.05, 0.1) is 12.5 Å². The van der Waals surface area contributed by atoms with Gasteiger partial charge < -0.3 is 10.0 Å². The first-order valence-corrected chi connectivity index (χ1v) is 7.59. The number of carboxylic acid groups (broad SMARTS) is 1. The molecule has 0 saturated carbocycles. The first-order valence-electron chi connectivity index (χ1n) is 6.43. The molecule has 2 aliphatic heterocycles. The van der Waals surface area contributed by atoms with Gasteiger partial charge in [0.25, 0.3) is 5.91 Å². The van der Waals surface area contributed by atoms with Gasteiger partial charge in [-0.3, -0.25) is 14.4 Å². The standard InChI is InChI=1S/C12H17N3O4S/c1-14-10(16)3-2-9(13-14)12(19)15-4-5-20-7-8(15)6-11(17)18/h8H,2-7H2,1H3,(H,17,18). The highest BCUT2D eigenvalue weighted by atomic mass is 32.2. The normalized spacial score (nSPS) is 23.6. The minimum Gasteiger partial charge on any atom is -0.481 e. The number of thioether (sulfide) groups is 1. The minimum absolute atomic E-state index is 0.0548. The van der Waals surface area contributed by atoms with Crippen LogP contribution in [0.3, 0.4) is 0 Å². The largest absolute Gasteiger partial charge is 0.481 e. The minimum atomic E-state index is -0.909. The molecule has 0 aliphatic carbocycles. The van der Waals surface area contributed by atoms with Crippen LogP contribution in [0, 0.1) is 0 Å². The van der Waals surface area contributed by atoms with Gasteiger partial charge in [0.1, 0.15) is 5.71 Å². The van der Waals surface area contributed by atoms with E-state index in [1.807, 2.05) is 0 Å². The lowest BCUT2D eigenvalue weighted by Crippen LogP contribution is -2.50. The molecular formula is C12H17N3O4S. The summed E-state index contributed by atoms with van der Waals surface area (Å²) in [5.74, 6) is 0.159. The van der Waals surface area contributed by atoms with Gasteiger partial charge in [-0.15, -0.1) is 0 Å². The lowest BCUT2D eigenvalue weighted by atomic mass is 10.1. The zero-order chi connectivity index (χ0) is 14.7. The maximum absolute atomic E-state index is 12.5. The molecule has 1 atom stereocenters. The zero-order valence-corrected chi connectivity index (χ0v) is 12.1. The molecule has 1 saturated heterocycles. The van der Waals surface area contributed by atoms with E-state index in [1.54, 1.807) is 16.7 Å². The number of hydrogen-bond donors (Lipinski definition) is 1. The molecule has 1 unspecified atom stereocenters. The number of hydrogen-bond acceptors (Lipinski definition) is 5. The summed E-state index contributed by atoms with van der Waals surface area (Å²) in [7, 11) is 1.52. The number of aliphatic carboxylic acids is 1. The Balaban J connectivity index is 2.11. The number of nitrogens with zero attached hydrogens (tertiary/aromatic N) is 3. The third-order valence-electron chi connectivity index (χ3n) is 3.35. The van der Waals surface area contributed by atoms with Crippen LogP contribution >= 0.6 is 11.8 Å². The number of carbonyl (C=O) groups excluding carboxylic acids is 2. The van der Waals surface area contributed by atoms with Crippen molar-refractivity contribution in [3.8, 4) is 0 Å². The lowest BCUT2D eigenvalue weighted by Gasteiger charge is -2.35. The lowest BCUT2D eigenvalue weighted by molar-refractivity contribution is -0.139. The van der Waals surface area contributed by atoms with Crippen molar-refractivity contribution in [2.45, 2.75) is 25.3 Å². The van der Waals surface area contributed by atoms with Crippen LogP contribution in [0.5, 0.6) is 0 Å². The second-order valence-corrected chi connectivity index (χ2v) is 5.94. The van der Waals surface area contributed by atoms with Gasteiger partial charge in [0.15, 0.2) is 0 Å². The zero-order valence-electron chi connectivity index (χ0n) is 11.2. The van der Waals surface area contributed by atoms with E-state index in [-0.39, 0.29) is 30.7 Å². The van der Waals surface area contributed by atoms with Gasteiger partial charge in [0, 0.05) is 37.9 Å². The topological polar surface area (TPSA) is 90.3 Å². The van der Waals surface area contributed by atoms with Crippen molar-refractivity contribution in [2.24, 2.45) is 5.10 Å². The molecule has 7 nitrogen and oxygen atoms in total. The fourth-order valence-corrected chi connectivity index (χ4v) is 3.34. The van der Waals surface area contributed by atoms with E-state index in [1.165, 1.54) is 12.1 Å². The molecule has 0 spiro atoms.